The maximum absolute atomic E-state index is 12.2. The van der Waals surface area contributed by atoms with Gasteiger partial charge in [-0.3, -0.25) is 0 Å². The first-order chi connectivity index (χ1) is 11.6. The first-order valence-electron chi connectivity index (χ1n) is 8.35. The highest BCUT2D eigenvalue weighted by molar-refractivity contribution is 9.10. The first-order valence-corrected chi connectivity index (χ1v) is 9.14. The number of piperidine rings is 1. The average Bonchev–Trinajstić information content (AvgIpc) is 2.63. The molecule has 0 N–H and O–H groups in total. The SMILES string of the molecule is Cc1ccc(Br)cc1C1CCN(C(=O)OCc2ccccc2)CC1. The Bertz CT molecular complexity index is 694. The van der Waals surface area contributed by atoms with Crippen molar-refractivity contribution in [3.8, 4) is 0 Å². The molecule has 126 valence electrons. The van der Waals surface area contributed by atoms with Gasteiger partial charge in [0.05, 0.1) is 0 Å². The van der Waals surface area contributed by atoms with E-state index in [1.807, 2.05) is 35.2 Å². The van der Waals surface area contributed by atoms with Crippen LogP contribution in [-0.2, 0) is 11.3 Å². The summed E-state index contributed by atoms with van der Waals surface area (Å²) in [4.78, 5) is 14.1. The summed E-state index contributed by atoms with van der Waals surface area (Å²) >= 11 is 3.56. The van der Waals surface area contributed by atoms with Crippen molar-refractivity contribution in [1.29, 1.82) is 0 Å². The zero-order valence-corrected chi connectivity index (χ0v) is 15.5. The van der Waals surface area contributed by atoms with Crippen LogP contribution in [0.5, 0.6) is 0 Å². The van der Waals surface area contributed by atoms with Gasteiger partial charge in [-0.15, -0.1) is 0 Å². The van der Waals surface area contributed by atoms with E-state index in [4.69, 9.17) is 4.74 Å². The Balaban J connectivity index is 1.53. The number of ether oxygens (including phenoxy) is 1. The van der Waals surface area contributed by atoms with Crippen LogP contribution in [0.15, 0.2) is 53.0 Å². The van der Waals surface area contributed by atoms with Gasteiger partial charge >= 0.3 is 6.09 Å². The molecule has 1 saturated heterocycles. The quantitative estimate of drug-likeness (QED) is 0.717. The van der Waals surface area contributed by atoms with Crippen molar-refractivity contribution in [2.24, 2.45) is 0 Å². The van der Waals surface area contributed by atoms with Crippen molar-refractivity contribution >= 4 is 22.0 Å². The number of halogens is 1. The molecule has 24 heavy (non-hydrogen) atoms. The molecule has 3 rings (SSSR count). The van der Waals surface area contributed by atoms with Crippen LogP contribution in [0.4, 0.5) is 4.79 Å². The molecule has 1 aliphatic rings. The van der Waals surface area contributed by atoms with E-state index in [9.17, 15) is 4.79 Å². The molecule has 0 spiro atoms. The van der Waals surface area contributed by atoms with E-state index in [1.54, 1.807) is 0 Å². The first kappa shape index (κ1) is 17.0. The number of aryl methyl sites for hydroxylation is 1. The fourth-order valence-corrected chi connectivity index (χ4v) is 3.61. The van der Waals surface area contributed by atoms with Gasteiger partial charge < -0.3 is 9.64 Å². The topological polar surface area (TPSA) is 29.5 Å². The number of carbonyl (C=O) groups is 1. The lowest BCUT2D eigenvalue weighted by atomic mass is 9.87. The van der Waals surface area contributed by atoms with Crippen LogP contribution in [0, 0.1) is 6.92 Å². The van der Waals surface area contributed by atoms with E-state index in [-0.39, 0.29) is 6.09 Å². The minimum Gasteiger partial charge on any atom is -0.445 e. The number of nitrogens with zero attached hydrogens (tertiary/aromatic N) is 1. The van der Waals surface area contributed by atoms with Crippen LogP contribution in [0.2, 0.25) is 0 Å². The molecule has 2 aromatic rings. The number of likely N-dealkylation sites (tertiary alicyclic amines) is 1. The Kier molecular flexibility index (Phi) is 5.56. The third-order valence-electron chi connectivity index (χ3n) is 4.64. The molecular weight excluding hydrogens is 366 g/mol. The Labute approximate surface area is 151 Å². The summed E-state index contributed by atoms with van der Waals surface area (Å²) in [6.07, 6.45) is 1.76. The zero-order valence-electron chi connectivity index (χ0n) is 13.9. The van der Waals surface area contributed by atoms with Gasteiger partial charge in [0.25, 0.3) is 0 Å². The molecule has 1 fully saturated rings. The molecule has 2 aromatic carbocycles. The van der Waals surface area contributed by atoms with Crippen molar-refractivity contribution in [3.63, 3.8) is 0 Å². The normalized spacial score (nSPS) is 15.3. The number of carbonyl (C=O) groups excluding carboxylic acids is 1. The molecule has 1 heterocycles. The minimum absolute atomic E-state index is 0.205. The van der Waals surface area contributed by atoms with E-state index < -0.39 is 0 Å². The Morgan fingerprint density at radius 3 is 2.58 bits per heavy atom. The summed E-state index contributed by atoms with van der Waals surface area (Å²) in [6.45, 7) is 4.00. The lowest BCUT2D eigenvalue weighted by molar-refractivity contribution is 0.0870. The van der Waals surface area contributed by atoms with Gasteiger partial charge in [-0.1, -0.05) is 52.3 Å². The average molecular weight is 388 g/mol. The molecule has 4 heteroatoms. The summed E-state index contributed by atoms with van der Waals surface area (Å²) in [5.41, 5.74) is 3.73. The monoisotopic (exact) mass is 387 g/mol. The molecule has 0 unspecified atom stereocenters. The smallest absolute Gasteiger partial charge is 0.410 e. The largest absolute Gasteiger partial charge is 0.445 e. The molecule has 1 amide bonds. The number of amides is 1. The minimum atomic E-state index is -0.205. The molecule has 0 atom stereocenters. The van der Waals surface area contributed by atoms with Gasteiger partial charge in [0.2, 0.25) is 0 Å². The highest BCUT2D eigenvalue weighted by Gasteiger charge is 2.25. The molecule has 0 aliphatic carbocycles. The Morgan fingerprint density at radius 1 is 1.17 bits per heavy atom. The predicted octanol–water partition coefficient (Wildman–Crippen LogP) is 5.27. The van der Waals surface area contributed by atoms with Crippen LogP contribution in [0.3, 0.4) is 0 Å². The van der Waals surface area contributed by atoms with Crippen LogP contribution < -0.4 is 0 Å². The molecule has 0 bridgehead atoms. The molecular formula is C20H22BrNO2. The second-order valence-corrected chi connectivity index (χ2v) is 7.22. The number of benzene rings is 2. The third-order valence-corrected chi connectivity index (χ3v) is 5.13. The fraction of sp³-hybridized carbons (Fsp3) is 0.350. The summed E-state index contributed by atoms with van der Waals surface area (Å²) in [5.74, 6) is 0.515. The van der Waals surface area contributed by atoms with Crippen LogP contribution in [0.25, 0.3) is 0 Å². The van der Waals surface area contributed by atoms with E-state index in [0.717, 1.165) is 36.0 Å². The van der Waals surface area contributed by atoms with Crippen molar-refractivity contribution in [2.45, 2.75) is 32.3 Å². The van der Waals surface area contributed by atoms with Crippen molar-refractivity contribution in [2.75, 3.05) is 13.1 Å². The molecule has 1 aliphatic heterocycles. The summed E-state index contributed by atoms with van der Waals surface area (Å²) in [6, 6.07) is 16.2. The standard InChI is InChI=1S/C20H22BrNO2/c1-15-7-8-18(21)13-19(15)17-9-11-22(12-10-17)20(23)24-14-16-5-3-2-4-6-16/h2-8,13,17H,9-12,14H2,1H3. The van der Waals surface area contributed by atoms with Gasteiger partial charge in [0.15, 0.2) is 0 Å². The maximum atomic E-state index is 12.2. The molecule has 0 saturated carbocycles. The van der Waals surface area contributed by atoms with E-state index in [1.165, 1.54) is 11.1 Å². The van der Waals surface area contributed by atoms with Crippen molar-refractivity contribution in [1.82, 2.24) is 4.90 Å². The fourth-order valence-electron chi connectivity index (χ4n) is 3.23. The van der Waals surface area contributed by atoms with Crippen molar-refractivity contribution in [3.05, 3.63) is 69.7 Å². The second-order valence-electron chi connectivity index (χ2n) is 6.30. The number of hydrogen-bond donors (Lipinski definition) is 0. The number of hydrogen-bond acceptors (Lipinski definition) is 2. The second kappa shape index (κ2) is 7.84. The maximum Gasteiger partial charge on any atom is 0.410 e. The van der Waals surface area contributed by atoms with Crippen LogP contribution >= 0.6 is 15.9 Å². The van der Waals surface area contributed by atoms with E-state index in [2.05, 4.69) is 41.1 Å². The summed E-state index contributed by atoms with van der Waals surface area (Å²) < 4.78 is 6.55. The highest BCUT2D eigenvalue weighted by atomic mass is 79.9. The van der Waals surface area contributed by atoms with Gasteiger partial charge in [-0.05, 0) is 54.5 Å². The van der Waals surface area contributed by atoms with E-state index in [0.29, 0.717) is 12.5 Å². The van der Waals surface area contributed by atoms with Gasteiger partial charge in [-0.2, -0.15) is 0 Å². The third kappa shape index (κ3) is 4.18. The van der Waals surface area contributed by atoms with Crippen LogP contribution in [0.1, 0.15) is 35.4 Å². The summed E-state index contributed by atoms with van der Waals surface area (Å²) in [7, 11) is 0. The van der Waals surface area contributed by atoms with Gasteiger partial charge in [0, 0.05) is 17.6 Å². The van der Waals surface area contributed by atoms with Gasteiger partial charge in [0.1, 0.15) is 6.61 Å². The molecule has 0 radical (unpaired) electrons. The van der Waals surface area contributed by atoms with Crippen LogP contribution in [-0.4, -0.2) is 24.1 Å². The predicted molar refractivity (Wildman–Crippen MR) is 99.1 cm³/mol. The Morgan fingerprint density at radius 2 is 1.88 bits per heavy atom. The Hall–Kier alpha value is -1.81. The lowest BCUT2D eigenvalue weighted by Gasteiger charge is -2.32. The number of rotatable bonds is 3. The lowest BCUT2D eigenvalue weighted by Crippen LogP contribution is -2.38. The molecule has 3 nitrogen and oxygen atoms in total. The zero-order chi connectivity index (χ0) is 16.9. The van der Waals surface area contributed by atoms with Gasteiger partial charge in [-0.25, -0.2) is 4.79 Å². The molecule has 0 aromatic heterocycles. The highest BCUT2D eigenvalue weighted by Crippen LogP contribution is 2.32. The summed E-state index contributed by atoms with van der Waals surface area (Å²) in [5, 5.41) is 0. The van der Waals surface area contributed by atoms with Crippen molar-refractivity contribution < 1.29 is 9.53 Å². The van der Waals surface area contributed by atoms with E-state index >= 15 is 0 Å².